The summed E-state index contributed by atoms with van der Waals surface area (Å²) >= 11 is 0. The number of benzene rings is 3. The Bertz CT molecular complexity index is 1470. The molecule has 4 N–H and O–H groups in total. The molecule has 3 aromatic carbocycles. The number of methoxy groups -OCH3 is 3. The fraction of sp³-hybridized carbons (Fsp3) is 0.267. The standard InChI is InChI=1S/C30H31N3O6/c1-37-24-14-18(15-25(38-2)28(24)34)26-27-20(19-11-7-8-12-21(19)31-27)16-22(32-26)29(35)33-23(30(36)39-3)13-17-9-5-4-6-10-17/h4-12,14-15,22-23,26,31-32,34H,13,16H2,1-3H3,(H,33,35)/t22-,23-,26+/m0/s1. The fourth-order valence-electron chi connectivity index (χ4n) is 5.20. The molecule has 9 heteroatoms. The number of H-pyrrole nitrogens is 1. The van der Waals surface area contributed by atoms with Gasteiger partial charge in [-0.15, -0.1) is 0 Å². The number of amides is 1. The summed E-state index contributed by atoms with van der Waals surface area (Å²) in [5, 5.41) is 17.8. The van der Waals surface area contributed by atoms with E-state index >= 15 is 0 Å². The molecule has 202 valence electrons. The third kappa shape index (κ3) is 5.13. The van der Waals surface area contributed by atoms with Gasteiger partial charge < -0.3 is 29.6 Å². The summed E-state index contributed by atoms with van der Waals surface area (Å²) < 4.78 is 15.8. The molecule has 0 radical (unpaired) electrons. The Hall–Kier alpha value is -4.50. The van der Waals surface area contributed by atoms with Crippen molar-refractivity contribution in [1.29, 1.82) is 0 Å². The van der Waals surface area contributed by atoms with Crippen LogP contribution >= 0.6 is 0 Å². The number of aromatic nitrogens is 1. The highest BCUT2D eigenvalue weighted by molar-refractivity contribution is 5.91. The number of nitrogens with one attached hydrogen (secondary N) is 3. The van der Waals surface area contributed by atoms with Crippen molar-refractivity contribution in [2.24, 2.45) is 0 Å². The van der Waals surface area contributed by atoms with Gasteiger partial charge in [-0.2, -0.15) is 0 Å². The van der Waals surface area contributed by atoms with E-state index in [-0.39, 0.29) is 23.2 Å². The van der Waals surface area contributed by atoms with Gasteiger partial charge in [-0.05, 0) is 41.3 Å². The van der Waals surface area contributed by atoms with Gasteiger partial charge in [0.1, 0.15) is 6.04 Å². The van der Waals surface area contributed by atoms with Crippen LogP contribution in [0.1, 0.15) is 28.4 Å². The second kappa shape index (κ2) is 11.1. The van der Waals surface area contributed by atoms with Crippen molar-refractivity contribution < 1.29 is 28.9 Å². The molecule has 0 unspecified atom stereocenters. The number of fused-ring (bicyclic) bond motifs is 3. The number of phenols is 1. The summed E-state index contributed by atoms with van der Waals surface area (Å²) in [6.07, 6.45) is 0.716. The van der Waals surface area contributed by atoms with E-state index in [0.717, 1.165) is 33.3 Å². The van der Waals surface area contributed by atoms with Crippen molar-refractivity contribution in [2.45, 2.75) is 31.0 Å². The minimum atomic E-state index is -0.844. The maximum absolute atomic E-state index is 13.7. The molecule has 1 aromatic heterocycles. The summed E-state index contributed by atoms with van der Waals surface area (Å²) in [5.74, 6) is -0.430. The van der Waals surface area contributed by atoms with Gasteiger partial charge in [0.25, 0.3) is 0 Å². The van der Waals surface area contributed by atoms with Gasteiger partial charge in [-0.25, -0.2) is 4.79 Å². The summed E-state index contributed by atoms with van der Waals surface area (Å²) in [5.41, 5.74) is 4.50. The topological polar surface area (TPSA) is 122 Å². The first kappa shape index (κ1) is 26.1. The molecule has 39 heavy (non-hydrogen) atoms. The van der Waals surface area contributed by atoms with E-state index in [1.165, 1.54) is 21.3 Å². The second-order valence-corrected chi connectivity index (χ2v) is 9.47. The Balaban J connectivity index is 1.51. The third-order valence-corrected chi connectivity index (χ3v) is 7.15. The van der Waals surface area contributed by atoms with Crippen LogP contribution in [0, 0.1) is 0 Å². The predicted molar refractivity (Wildman–Crippen MR) is 146 cm³/mol. The first-order valence-corrected chi connectivity index (χ1v) is 12.7. The minimum absolute atomic E-state index is 0.104. The van der Waals surface area contributed by atoms with E-state index in [4.69, 9.17) is 14.2 Å². The van der Waals surface area contributed by atoms with Crippen LogP contribution in [0.4, 0.5) is 0 Å². The van der Waals surface area contributed by atoms with E-state index < -0.39 is 24.1 Å². The van der Waals surface area contributed by atoms with Gasteiger partial charge in [0.05, 0.1) is 33.4 Å². The van der Waals surface area contributed by atoms with Gasteiger partial charge in [0.2, 0.25) is 11.7 Å². The fourth-order valence-corrected chi connectivity index (χ4v) is 5.20. The molecule has 0 saturated carbocycles. The lowest BCUT2D eigenvalue weighted by Crippen LogP contribution is -2.54. The Kier molecular flexibility index (Phi) is 7.42. The van der Waals surface area contributed by atoms with Gasteiger partial charge >= 0.3 is 5.97 Å². The van der Waals surface area contributed by atoms with Crippen LogP contribution in [0.15, 0.2) is 66.7 Å². The molecule has 1 amide bonds. The van der Waals surface area contributed by atoms with Crippen molar-refractivity contribution in [1.82, 2.24) is 15.6 Å². The lowest BCUT2D eigenvalue weighted by Gasteiger charge is -2.32. The van der Waals surface area contributed by atoms with E-state index in [2.05, 4.69) is 15.6 Å². The molecule has 2 heterocycles. The number of hydrogen-bond acceptors (Lipinski definition) is 7. The largest absolute Gasteiger partial charge is 0.502 e. The molecular formula is C30H31N3O6. The van der Waals surface area contributed by atoms with Gasteiger partial charge in [0, 0.05) is 23.0 Å². The Morgan fingerprint density at radius 1 is 1.00 bits per heavy atom. The minimum Gasteiger partial charge on any atom is -0.502 e. The quantitative estimate of drug-likeness (QED) is 0.258. The number of para-hydroxylation sites is 1. The van der Waals surface area contributed by atoms with E-state index in [9.17, 15) is 14.7 Å². The maximum atomic E-state index is 13.7. The molecule has 0 saturated heterocycles. The summed E-state index contributed by atoms with van der Waals surface area (Å²) in [7, 11) is 4.25. The Morgan fingerprint density at radius 2 is 1.67 bits per heavy atom. The van der Waals surface area contributed by atoms with E-state index in [0.29, 0.717) is 12.8 Å². The van der Waals surface area contributed by atoms with Crippen molar-refractivity contribution >= 4 is 22.8 Å². The predicted octanol–water partition coefficient (Wildman–Crippen LogP) is 3.39. The second-order valence-electron chi connectivity index (χ2n) is 9.47. The number of carbonyl (C=O) groups excluding carboxylic acids is 2. The summed E-state index contributed by atoms with van der Waals surface area (Å²) in [6.45, 7) is 0. The zero-order valence-electron chi connectivity index (χ0n) is 22.0. The van der Waals surface area contributed by atoms with Crippen LogP contribution < -0.4 is 20.1 Å². The van der Waals surface area contributed by atoms with Crippen molar-refractivity contribution in [3.8, 4) is 17.2 Å². The number of aromatic hydroxyl groups is 1. The lowest BCUT2D eigenvalue weighted by atomic mass is 9.89. The van der Waals surface area contributed by atoms with E-state index in [1.807, 2.05) is 54.6 Å². The first-order chi connectivity index (χ1) is 18.9. The average Bonchev–Trinajstić information content (AvgIpc) is 3.35. The number of carbonyl (C=O) groups is 2. The van der Waals surface area contributed by atoms with Crippen LogP contribution in [0.3, 0.4) is 0 Å². The lowest BCUT2D eigenvalue weighted by molar-refractivity contribution is -0.145. The molecule has 1 aliphatic rings. The molecule has 3 atom stereocenters. The maximum Gasteiger partial charge on any atom is 0.328 e. The number of rotatable bonds is 8. The summed E-state index contributed by atoms with van der Waals surface area (Å²) in [6, 6.07) is 18.9. The number of phenolic OH excluding ortho intramolecular Hbond substituents is 1. The molecule has 1 aliphatic heterocycles. The summed E-state index contributed by atoms with van der Waals surface area (Å²) in [4.78, 5) is 29.8. The highest BCUT2D eigenvalue weighted by atomic mass is 16.5. The highest BCUT2D eigenvalue weighted by Gasteiger charge is 2.36. The van der Waals surface area contributed by atoms with Crippen molar-refractivity contribution in [2.75, 3.05) is 21.3 Å². The molecule has 5 rings (SSSR count). The number of hydrogen-bond donors (Lipinski definition) is 4. The monoisotopic (exact) mass is 529 g/mol. The first-order valence-electron chi connectivity index (χ1n) is 12.7. The van der Waals surface area contributed by atoms with Crippen LogP contribution in [-0.2, 0) is 27.2 Å². The molecule has 0 fully saturated rings. The Morgan fingerprint density at radius 3 is 2.33 bits per heavy atom. The van der Waals surface area contributed by atoms with Crippen molar-refractivity contribution in [3.63, 3.8) is 0 Å². The Labute approximate surface area is 226 Å². The van der Waals surface area contributed by atoms with Crippen molar-refractivity contribution in [3.05, 3.63) is 89.1 Å². The zero-order chi connectivity index (χ0) is 27.5. The SMILES string of the molecule is COC(=O)[C@H](Cc1ccccc1)NC(=O)[C@@H]1Cc2c([nH]c3ccccc23)[C@@H](c2cc(OC)c(O)c(OC)c2)N1. The van der Waals surface area contributed by atoms with Gasteiger partial charge in [0.15, 0.2) is 11.5 Å². The molecular weight excluding hydrogens is 498 g/mol. The zero-order valence-corrected chi connectivity index (χ0v) is 22.0. The highest BCUT2D eigenvalue weighted by Crippen LogP contribution is 2.42. The molecule has 4 aromatic rings. The number of esters is 1. The average molecular weight is 530 g/mol. The van der Waals surface area contributed by atoms with E-state index in [1.54, 1.807) is 12.1 Å². The number of ether oxygens (including phenoxy) is 3. The molecule has 9 nitrogen and oxygen atoms in total. The van der Waals surface area contributed by atoms with Gasteiger partial charge in [-0.1, -0.05) is 48.5 Å². The van der Waals surface area contributed by atoms with Gasteiger partial charge in [-0.3, -0.25) is 10.1 Å². The third-order valence-electron chi connectivity index (χ3n) is 7.15. The number of aromatic amines is 1. The van der Waals surface area contributed by atoms with Crippen LogP contribution in [0.25, 0.3) is 10.9 Å². The normalized spacial score (nSPS) is 17.2. The van der Waals surface area contributed by atoms with Crippen LogP contribution in [-0.4, -0.2) is 55.4 Å². The van der Waals surface area contributed by atoms with Crippen LogP contribution in [0.2, 0.25) is 0 Å². The molecule has 0 aliphatic carbocycles. The molecule has 0 bridgehead atoms. The smallest absolute Gasteiger partial charge is 0.328 e. The molecule has 0 spiro atoms. The van der Waals surface area contributed by atoms with Crippen LogP contribution in [0.5, 0.6) is 17.2 Å².